The molecule has 0 fully saturated rings. The SMILES string of the molecule is CC.CCCN1Cc2cccnc2O1. The summed E-state index contributed by atoms with van der Waals surface area (Å²) in [6.45, 7) is 7.98. The van der Waals surface area contributed by atoms with Crippen LogP contribution in [0.15, 0.2) is 18.3 Å². The zero-order valence-corrected chi connectivity index (χ0v) is 9.16. The van der Waals surface area contributed by atoms with E-state index < -0.39 is 0 Å². The Hall–Kier alpha value is -1.09. The number of nitrogens with zero attached hydrogens (tertiary/aromatic N) is 2. The molecule has 0 aliphatic carbocycles. The molecule has 0 aromatic carbocycles. The van der Waals surface area contributed by atoms with Crippen LogP contribution in [0.4, 0.5) is 0 Å². The van der Waals surface area contributed by atoms with Gasteiger partial charge in [-0.05, 0) is 12.5 Å². The van der Waals surface area contributed by atoms with Crippen molar-refractivity contribution in [2.45, 2.75) is 33.7 Å². The molecule has 3 nitrogen and oxygen atoms in total. The number of hydrogen-bond donors (Lipinski definition) is 0. The lowest BCUT2D eigenvalue weighted by Crippen LogP contribution is -2.21. The van der Waals surface area contributed by atoms with E-state index in [0.29, 0.717) is 0 Å². The van der Waals surface area contributed by atoms with Gasteiger partial charge in [-0.2, -0.15) is 0 Å². The molecule has 1 aromatic heterocycles. The summed E-state index contributed by atoms with van der Waals surface area (Å²) in [4.78, 5) is 9.60. The molecule has 2 rings (SSSR count). The molecular weight excluding hydrogens is 176 g/mol. The summed E-state index contributed by atoms with van der Waals surface area (Å²) < 4.78 is 0. The normalized spacial score (nSPS) is 13.9. The van der Waals surface area contributed by atoms with Crippen molar-refractivity contribution < 1.29 is 4.84 Å². The van der Waals surface area contributed by atoms with Gasteiger partial charge in [0.25, 0.3) is 0 Å². The number of hydroxylamine groups is 2. The Labute approximate surface area is 85.7 Å². The van der Waals surface area contributed by atoms with E-state index in [1.54, 1.807) is 6.20 Å². The van der Waals surface area contributed by atoms with Crippen molar-refractivity contribution in [1.29, 1.82) is 0 Å². The van der Waals surface area contributed by atoms with Gasteiger partial charge >= 0.3 is 0 Å². The van der Waals surface area contributed by atoms with Gasteiger partial charge in [-0.1, -0.05) is 26.8 Å². The molecule has 1 aliphatic heterocycles. The van der Waals surface area contributed by atoms with Crippen LogP contribution in [0.3, 0.4) is 0 Å². The van der Waals surface area contributed by atoms with E-state index in [1.807, 2.05) is 25.0 Å². The second kappa shape index (κ2) is 5.60. The lowest BCUT2D eigenvalue weighted by Gasteiger charge is -2.11. The zero-order valence-electron chi connectivity index (χ0n) is 9.16. The molecule has 2 heterocycles. The molecule has 0 saturated heterocycles. The molecule has 0 spiro atoms. The molecule has 78 valence electrons. The van der Waals surface area contributed by atoms with Crippen LogP contribution in [0, 0.1) is 0 Å². The largest absolute Gasteiger partial charge is 0.385 e. The first-order valence-electron chi connectivity index (χ1n) is 5.27. The fourth-order valence-corrected chi connectivity index (χ4v) is 1.35. The molecule has 0 radical (unpaired) electrons. The molecule has 0 bridgehead atoms. The van der Waals surface area contributed by atoms with Crippen LogP contribution in [-0.4, -0.2) is 16.6 Å². The Morgan fingerprint density at radius 2 is 2.29 bits per heavy atom. The van der Waals surface area contributed by atoms with Gasteiger partial charge in [0, 0.05) is 18.3 Å². The van der Waals surface area contributed by atoms with Crippen LogP contribution < -0.4 is 4.84 Å². The zero-order chi connectivity index (χ0) is 10.4. The van der Waals surface area contributed by atoms with E-state index in [9.17, 15) is 0 Å². The van der Waals surface area contributed by atoms with Crippen LogP contribution in [0.25, 0.3) is 0 Å². The van der Waals surface area contributed by atoms with Gasteiger partial charge in [0.1, 0.15) is 0 Å². The van der Waals surface area contributed by atoms with Gasteiger partial charge in [0.2, 0.25) is 5.88 Å². The molecule has 1 aliphatic rings. The van der Waals surface area contributed by atoms with E-state index in [4.69, 9.17) is 4.84 Å². The quantitative estimate of drug-likeness (QED) is 0.723. The minimum atomic E-state index is 0.769. The molecular formula is C11H18N2O. The molecule has 3 heteroatoms. The summed E-state index contributed by atoms with van der Waals surface area (Å²) in [5.74, 6) is 0.769. The van der Waals surface area contributed by atoms with Gasteiger partial charge in [0.15, 0.2) is 0 Å². The van der Waals surface area contributed by atoms with Gasteiger partial charge in [0.05, 0.1) is 6.54 Å². The van der Waals surface area contributed by atoms with E-state index in [-0.39, 0.29) is 0 Å². The predicted octanol–water partition coefficient (Wildman–Crippen LogP) is 2.63. The molecule has 0 N–H and O–H groups in total. The Bertz CT molecular complexity index is 251. The molecule has 0 amide bonds. The van der Waals surface area contributed by atoms with Crippen LogP contribution >= 0.6 is 0 Å². The third-order valence-electron chi connectivity index (χ3n) is 1.89. The number of hydrogen-bond acceptors (Lipinski definition) is 3. The maximum atomic E-state index is 5.47. The van der Waals surface area contributed by atoms with Crippen molar-refractivity contribution in [3.05, 3.63) is 23.9 Å². The van der Waals surface area contributed by atoms with Crippen molar-refractivity contribution in [3.63, 3.8) is 0 Å². The summed E-state index contributed by atoms with van der Waals surface area (Å²) in [6, 6.07) is 4.00. The Balaban J connectivity index is 0.000000461. The van der Waals surface area contributed by atoms with Gasteiger partial charge < -0.3 is 4.84 Å². The molecule has 0 atom stereocenters. The highest BCUT2D eigenvalue weighted by molar-refractivity contribution is 5.27. The summed E-state index contributed by atoms with van der Waals surface area (Å²) in [5.41, 5.74) is 1.19. The summed E-state index contributed by atoms with van der Waals surface area (Å²) in [5, 5.41) is 1.94. The molecule has 14 heavy (non-hydrogen) atoms. The van der Waals surface area contributed by atoms with Gasteiger partial charge in [-0.25, -0.2) is 4.98 Å². The first-order chi connectivity index (χ1) is 6.90. The Morgan fingerprint density at radius 1 is 1.50 bits per heavy atom. The minimum Gasteiger partial charge on any atom is -0.385 e. The summed E-state index contributed by atoms with van der Waals surface area (Å²) in [6.07, 6.45) is 2.86. The van der Waals surface area contributed by atoms with Crippen LogP contribution in [-0.2, 0) is 6.54 Å². The van der Waals surface area contributed by atoms with Gasteiger partial charge in [-0.15, -0.1) is 5.06 Å². The second-order valence-corrected chi connectivity index (χ2v) is 2.92. The molecule has 0 unspecified atom stereocenters. The Morgan fingerprint density at radius 3 is 2.93 bits per heavy atom. The van der Waals surface area contributed by atoms with Crippen LogP contribution in [0.5, 0.6) is 5.88 Å². The maximum Gasteiger partial charge on any atom is 0.242 e. The summed E-state index contributed by atoms with van der Waals surface area (Å²) >= 11 is 0. The second-order valence-electron chi connectivity index (χ2n) is 2.92. The fourth-order valence-electron chi connectivity index (χ4n) is 1.35. The van der Waals surface area contributed by atoms with Crippen molar-refractivity contribution in [2.75, 3.05) is 6.54 Å². The number of rotatable bonds is 2. The smallest absolute Gasteiger partial charge is 0.242 e. The minimum absolute atomic E-state index is 0.769. The van der Waals surface area contributed by atoms with Crippen LogP contribution in [0.2, 0.25) is 0 Å². The third-order valence-corrected chi connectivity index (χ3v) is 1.89. The van der Waals surface area contributed by atoms with Crippen LogP contribution in [0.1, 0.15) is 32.8 Å². The molecule has 0 saturated carbocycles. The topological polar surface area (TPSA) is 25.4 Å². The number of aromatic nitrogens is 1. The standard InChI is InChI=1S/C9H12N2O.C2H6/c1-2-6-11-7-8-4-3-5-10-9(8)12-11;1-2/h3-5H,2,6-7H2,1H3;1-2H3. The predicted molar refractivity (Wildman–Crippen MR) is 56.9 cm³/mol. The first-order valence-corrected chi connectivity index (χ1v) is 5.27. The molecule has 1 aromatic rings. The third kappa shape index (κ3) is 2.45. The average Bonchev–Trinajstić information content (AvgIpc) is 2.63. The van der Waals surface area contributed by atoms with E-state index >= 15 is 0 Å². The monoisotopic (exact) mass is 194 g/mol. The highest BCUT2D eigenvalue weighted by Gasteiger charge is 2.19. The first kappa shape index (κ1) is 11.0. The van der Waals surface area contributed by atoms with Crippen molar-refractivity contribution in [1.82, 2.24) is 10.0 Å². The van der Waals surface area contributed by atoms with Crippen molar-refractivity contribution >= 4 is 0 Å². The van der Waals surface area contributed by atoms with Crippen molar-refractivity contribution in [3.8, 4) is 5.88 Å². The van der Waals surface area contributed by atoms with E-state index in [2.05, 4.69) is 18.0 Å². The number of pyridine rings is 1. The van der Waals surface area contributed by atoms with Gasteiger partial charge in [-0.3, -0.25) is 0 Å². The highest BCUT2D eigenvalue weighted by atomic mass is 16.7. The maximum absolute atomic E-state index is 5.47. The summed E-state index contributed by atoms with van der Waals surface area (Å²) in [7, 11) is 0. The lowest BCUT2D eigenvalue weighted by molar-refractivity contribution is -0.0456. The number of fused-ring (bicyclic) bond motifs is 1. The average molecular weight is 194 g/mol. The fraction of sp³-hybridized carbons (Fsp3) is 0.545. The Kier molecular flexibility index (Phi) is 4.40. The van der Waals surface area contributed by atoms with E-state index in [1.165, 1.54) is 5.56 Å². The highest BCUT2D eigenvalue weighted by Crippen LogP contribution is 2.24. The van der Waals surface area contributed by atoms with Crippen molar-refractivity contribution in [2.24, 2.45) is 0 Å². The van der Waals surface area contributed by atoms with E-state index in [0.717, 1.165) is 25.4 Å². The lowest BCUT2D eigenvalue weighted by atomic mass is 10.3.